The van der Waals surface area contributed by atoms with Gasteiger partial charge >= 0.3 is 6.03 Å². The van der Waals surface area contributed by atoms with Crippen LogP contribution in [0.25, 0.3) is 16.6 Å². The fourth-order valence-electron chi connectivity index (χ4n) is 2.52. The topological polar surface area (TPSA) is 93.1 Å². The average molecular weight is 394 g/mol. The number of fused-ring (bicyclic) bond motifs is 1. The SMILES string of the molecule is C=CCNC(=O)NC(=O)CSc1nc2ccccc2c(=O)n1-c1ccccc1. The lowest BCUT2D eigenvalue weighted by atomic mass is 10.2. The molecule has 0 saturated heterocycles. The van der Waals surface area contributed by atoms with E-state index in [4.69, 9.17) is 0 Å². The summed E-state index contributed by atoms with van der Waals surface area (Å²) in [5.41, 5.74) is 0.979. The van der Waals surface area contributed by atoms with Crippen LogP contribution in [0.15, 0.2) is 77.2 Å². The molecule has 0 unspecified atom stereocenters. The summed E-state index contributed by atoms with van der Waals surface area (Å²) in [6.07, 6.45) is 1.51. The third-order valence-corrected chi connectivity index (χ3v) is 4.69. The number of nitrogens with one attached hydrogen (secondary N) is 2. The van der Waals surface area contributed by atoms with Crippen molar-refractivity contribution < 1.29 is 9.59 Å². The van der Waals surface area contributed by atoms with E-state index in [9.17, 15) is 14.4 Å². The Bertz CT molecular complexity index is 1080. The molecule has 142 valence electrons. The predicted octanol–water partition coefficient (Wildman–Crippen LogP) is 2.49. The number of hydrogen-bond donors (Lipinski definition) is 2. The summed E-state index contributed by atoms with van der Waals surface area (Å²) in [7, 11) is 0. The minimum atomic E-state index is -0.600. The summed E-state index contributed by atoms with van der Waals surface area (Å²) in [6, 6.07) is 15.5. The highest BCUT2D eigenvalue weighted by Crippen LogP contribution is 2.21. The smallest absolute Gasteiger partial charge is 0.321 e. The van der Waals surface area contributed by atoms with Crippen molar-refractivity contribution in [1.29, 1.82) is 0 Å². The number of benzene rings is 2. The van der Waals surface area contributed by atoms with Crippen molar-refractivity contribution in [2.75, 3.05) is 12.3 Å². The van der Waals surface area contributed by atoms with Gasteiger partial charge in [0.05, 0.1) is 22.3 Å². The minimum Gasteiger partial charge on any atom is -0.334 e. The highest BCUT2D eigenvalue weighted by atomic mass is 32.2. The number of urea groups is 1. The van der Waals surface area contributed by atoms with E-state index >= 15 is 0 Å². The van der Waals surface area contributed by atoms with Gasteiger partial charge in [-0.15, -0.1) is 6.58 Å². The summed E-state index contributed by atoms with van der Waals surface area (Å²) in [4.78, 5) is 41.2. The number of imide groups is 1. The normalized spacial score (nSPS) is 10.4. The van der Waals surface area contributed by atoms with E-state index in [1.165, 1.54) is 10.6 Å². The Morgan fingerprint density at radius 1 is 1.11 bits per heavy atom. The van der Waals surface area contributed by atoms with Crippen molar-refractivity contribution in [2.24, 2.45) is 0 Å². The molecule has 0 spiro atoms. The molecular weight excluding hydrogens is 376 g/mol. The molecule has 0 radical (unpaired) electrons. The van der Waals surface area contributed by atoms with Crippen LogP contribution in [0, 0.1) is 0 Å². The molecule has 3 aromatic rings. The molecule has 1 aromatic heterocycles. The fourth-order valence-corrected chi connectivity index (χ4v) is 3.33. The van der Waals surface area contributed by atoms with Crippen LogP contribution < -0.4 is 16.2 Å². The molecular formula is C20H18N4O3S. The molecule has 28 heavy (non-hydrogen) atoms. The van der Waals surface area contributed by atoms with Gasteiger partial charge in [0.2, 0.25) is 5.91 Å². The Morgan fingerprint density at radius 2 is 1.82 bits per heavy atom. The van der Waals surface area contributed by atoms with Crippen molar-refractivity contribution in [1.82, 2.24) is 20.2 Å². The quantitative estimate of drug-likeness (QED) is 0.381. The molecule has 1 heterocycles. The first-order valence-corrected chi connectivity index (χ1v) is 9.47. The third-order valence-electron chi connectivity index (χ3n) is 3.75. The average Bonchev–Trinajstić information content (AvgIpc) is 2.71. The van der Waals surface area contributed by atoms with Crippen LogP contribution >= 0.6 is 11.8 Å². The van der Waals surface area contributed by atoms with E-state index in [-0.39, 0.29) is 17.9 Å². The van der Waals surface area contributed by atoms with Gasteiger partial charge < -0.3 is 5.32 Å². The van der Waals surface area contributed by atoms with Gasteiger partial charge in [-0.1, -0.05) is 48.2 Å². The van der Waals surface area contributed by atoms with Gasteiger partial charge in [0.1, 0.15) is 0 Å². The summed E-state index contributed by atoms with van der Waals surface area (Å²) < 4.78 is 1.47. The number of para-hydroxylation sites is 2. The van der Waals surface area contributed by atoms with Gasteiger partial charge in [0.15, 0.2) is 5.16 Å². The number of nitrogens with zero attached hydrogens (tertiary/aromatic N) is 2. The zero-order valence-corrected chi connectivity index (χ0v) is 15.7. The molecule has 3 amide bonds. The van der Waals surface area contributed by atoms with Crippen LogP contribution in [0.3, 0.4) is 0 Å². The number of hydrogen-bond acceptors (Lipinski definition) is 5. The monoisotopic (exact) mass is 394 g/mol. The molecule has 0 fully saturated rings. The third kappa shape index (κ3) is 4.47. The standard InChI is InChI=1S/C20H18N4O3S/c1-2-12-21-19(27)23-17(25)13-28-20-22-16-11-7-6-10-15(16)18(26)24(20)14-8-4-3-5-9-14/h2-11H,1,12-13H2,(H2,21,23,25,27). The van der Waals surface area contributed by atoms with E-state index in [2.05, 4.69) is 22.2 Å². The van der Waals surface area contributed by atoms with Crippen molar-refractivity contribution >= 4 is 34.6 Å². The van der Waals surface area contributed by atoms with Crippen molar-refractivity contribution in [3.05, 3.63) is 77.6 Å². The predicted molar refractivity (Wildman–Crippen MR) is 110 cm³/mol. The second-order valence-electron chi connectivity index (χ2n) is 5.72. The lowest BCUT2D eigenvalue weighted by Gasteiger charge is -2.13. The van der Waals surface area contributed by atoms with Crippen LogP contribution in [-0.4, -0.2) is 33.8 Å². The second-order valence-corrected chi connectivity index (χ2v) is 6.67. The van der Waals surface area contributed by atoms with Crippen LogP contribution in [0.5, 0.6) is 0 Å². The maximum atomic E-state index is 13.0. The number of carbonyl (C=O) groups excluding carboxylic acids is 2. The van der Waals surface area contributed by atoms with E-state index in [0.717, 1.165) is 11.8 Å². The highest BCUT2D eigenvalue weighted by molar-refractivity contribution is 7.99. The van der Waals surface area contributed by atoms with Crippen LogP contribution in [-0.2, 0) is 4.79 Å². The van der Waals surface area contributed by atoms with Crippen molar-refractivity contribution in [2.45, 2.75) is 5.16 Å². The Hall–Kier alpha value is -3.39. The summed E-state index contributed by atoms with van der Waals surface area (Å²) in [5.74, 6) is -0.562. The molecule has 0 saturated carbocycles. The zero-order chi connectivity index (χ0) is 19.9. The minimum absolute atomic E-state index is 0.0703. The van der Waals surface area contributed by atoms with Crippen LogP contribution in [0.4, 0.5) is 4.79 Å². The maximum Gasteiger partial charge on any atom is 0.321 e. The number of carbonyl (C=O) groups is 2. The molecule has 7 nitrogen and oxygen atoms in total. The highest BCUT2D eigenvalue weighted by Gasteiger charge is 2.15. The Labute approximate surface area is 165 Å². The lowest BCUT2D eigenvalue weighted by Crippen LogP contribution is -2.40. The molecule has 0 bridgehead atoms. The molecule has 0 aliphatic carbocycles. The van der Waals surface area contributed by atoms with Gasteiger partial charge in [0, 0.05) is 6.54 Å². The van der Waals surface area contributed by atoms with E-state index < -0.39 is 11.9 Å². The van der Waals surface area contributed by atoms with E-state index in [0.29, 0.717) is 21.7 Å². The Balaban J connectivity index is 1.89. The number of thioether (sulfide) groups is 1. The number of amides is 3. The zero-order valence-electron chi connectivity index (χ0n) is 14.9. The molecule has 0 aliphatic rings. The van der Waals surface area contributed by atoms with E-state index in [1.807, 2.05) is 18.2 Å². The van der Waals surface area contributed by atoms with Gasteiger partial charge in [-0.2, -0.15) is 0 Å². The summed E-state index contributed by atoms with van der Waals surface area (Å²) >= 11 is 1.08. The molecule has 0 aliphatic heterocycles. The molecule has 2 aromatic carbocycles. The Morgan fingerprint density at radius 3 is 2.57 bits per heavy atom. The summed E-state index contributed by atoms with van der Waals surface area (Å²) in [6.45, 7) is 3.74. The first kappa shape index (κ1) is 19.4. The van der Waals surface area contributed by atoms with Gasteiger partial charge in [0.25, 0.3) is 5.56 Å². The summed E-state index contributed by atoms with van der Waals surface area (Å²) in [5, 5.41) is 5.55. The molecule has 0 atom stereocenters. The fraction of sp³-hybridized carbons (Fsp3) is 0.100. The molecule has 3 rings (SSSR count). The van der Waals surface area contributed by atoms with Crippen LogP contribution in [0.2, 0.25) is 0 Å². The Kier molecular flexibility index (Phi) is 6.23. The first-order chi connectivity index (χ1) is 13.6. The van der Waals surface area contributed by atoms with Gasteiger partial charge in [-0.3, -0.25) is 19.5 Å². The number of aromatic nitrogens is 2. The van der Waals surface area contributed by atoms with Crippen molar-refractivity contribution in [3.63, 3.8) is 0 Å². The maximum absolute atomic E-state index is 13.0. The van der Waals surface area contributed by atoms with E-state index in [1.54, 1.807) is 36.4 Å². The van der Waals surface area contributed by atoms with Crippen molar-refractivity contribution in [3.8, 4) is 5.69 Å². The van der Waals surface area contributed by atoms with Crippen LogP contribution in [0.1, 0.15) is 0 Å². The van der Waals surface area contributed by atoms with Gasteiger partial charge in [-0.25, -0.2) is 9.78 Å². The second kappa shape index (κ2) is 9.01. The largest absolute Gasteiger partial charge is 0.334 e. The molecule has 8 heteroatoms. The van der Waals surface area contributed by atoms with Gasteiger partial charge in [-0.05, 0) is 24.3 Å². The number of rotatable bonds is 6. The lowest BCUT2D eigenvalue weighted by molar-refractivity contribution is -0.117. The first-order valence-electron chi connectivity index (χ1n) is 8.48. The molecule has 2 N–H and O–H groups in total.